The van der Waals surface area contributed by atoms with Crippen molar-refractivity contribution in [3.05, 3.63) is 30.3 Å². The summed E-state index contributed by atoms with van der Waals surface area (Å²) < 4.78 is 0. The molecule has 0 aliphatic rings. The minimum absolute atomic E-state index is 0.434. The Hall–Kier alpha value is -2.02. The van der Waals surface area contributed by atoms with E-state index in [0.29, 0.717) is 4.90 Å². The fourth-order valence-corrected chi connectivity index (χ4v) is 1.88. The molecule has 0 fully saturated rings. The van der Waals surface area contributed by atoms with Crippen LogP contribution >= 0.6 is 11.8 Å². The number of thioether (sulfide) groups is 1. The Morgan fingerprint density at radius 2 is 1.89 bits per heavy atom. The maximum Gasteiger partial charge on any atom is 0.326 e. The van der Waals surface area contributed by atoms with E-state index >= 15 is 0 Å². The molecule has 6 nitrogen and oxygen atoms in total. The Morgan fingerprint density at radius 1 is 1.28 bits per heavy atom. The van der Waals surface area contributed by atoms with Gasteiger partial charge < -0.3 is 16.2 Å². The molecule has 0 aliphatic carbocycles. The van der Waals surface area contributed by atoms with Crippen LogP contribution in [0.5, 0.6) is 0 Å². The predicted octanol–water partition coefficient (Wildman–Crippen LogP) is 0.817. The van der Waals surface area contributed by atoms with Gasteiger partial charge in [-0.05, 0) is 23.9 Å². The Kier molecular flexibility index (Phi) is 5.19. The van der Waals surface area contributed by atoms with Gasteiger partial charge in [-0.3, -0.25) is 9.59 Å². The molecular formula is C11H12N2O4S. The van der Waals surface area contributed by atoms with Crippen LogP contribution in [0.25, 0.3) is 0 Å². The molecule has 0 bridgehead atoms. The number of aliphatic carboxylic acids is 1. The predicted molar refractivity (Wildman–Crippen MR) is 66.1 cm³/mol. The zero-order valence-corrected chi connectivity index (χ0v) is 10.1. The summed E-state index contributed by atoms with van der Waals surface area (Å²) in [6, 6.07) is 7.45. The van der Waals surface area contributed by atoms with Crippen LogP contribution in [0.3, 0.4) is 0 Å². The number of amides is 2. The average molecular weight is 268 g/mol. The fourth-order valence-electron chi connectivity index (χ4n) is 1.17. The Balaban J connectivity index is 2.56. The Labute approximate surface area is 108 Å². The Morgan fingerprint density at radius 3 is 2.39 bits per heavy atom. The molecule has 1 atom stereocenters. The fraction of sp³-hybridized carbons (Fsp3) is 0.182. The van der Waals surface area contributed by atoms with E-state index in [1.165, 1.54) is 0 Å². The van der Waals surface area contributed by atoms with Gasteiger partial charge >= 0.3 is 5.97 Å². The van der Waals surface area contributed by atoms with E-state index in [4.69, 9.17) is 10.8 Å². The van der Waals surface area contributed by atoms with Crippen LogP contribution in [0.2, 0.25) is 0 Å². The molecule has 0 radical (unpaired) electrons. The van der Waals surface area contributed by atoms with Gasteiger partial charge in [0.2, 0.25) is 5.91 Å². The molecule has 18 heavy (non-hydrogen) atoms. The van der Waals surface area contributed by atoms with Crippen molar-refractivity contribution in [3.8, 4) is 0 Å². The van der Waals surface area contributed by atoms with Crippen LogP contribution < -0.4 is 11.1 Å². The minimum Gasteiger partial charge on any atom is -0.480 e. The lowest BCUT2D eigenvalue weighted by Crippen LogP contribution is -2.41. The summed E-state index contributed by atoms with van der Waals surface area (Å²) in [4.78, 5) is 33.7. The quantitative estimate of drug-likeness (QED) is 0.685. The van der Waals surface area contributed by atoms with Gasteiger partial charge in [-0.15, -0.1) is 0 Å². The summed E-state index contributed by atoms with van der Waals surface area (Å²) in [5, 5.41) is 10.5. The van der Waals surface area contributed by atoms with Crippen LogP contribution in [0.15, 0.2) is 35.2 Å². The summed E-state index contributed by atoms with van der Waals surface area (Å²) >= 11 is 0.851. The van der Waals surface area contributed by atoms with Crippen LogP contribution in [-0.4, -0.2) is 28.3 Å². The largest absolute Gasteiger partial charge is 0.480 e. The Bertz CT molecular complexity index is 450. The molecule has 96 valence electrons. The lowest BCUT2D eigenvalue weighted by atomic mass is 10.2. The second-order valence-electron chi connectivity index (χ2n) is 3.41. The number of carbonyl (C=O) groups excluding carboxylic acids is 2. The molecular weight excluding hydrogens is 256 g/mol. The molecule has 1 rings (SSSR count). The number of nitrogens with one attached hydrogen (secondary N) is 1. The van der Waals surface area contributed by atoms with Gasteiger partial charge in [-0.1, -0.05) is 18.2 Å². The smallest absolute Gasteiger partial charge is 0.326 e. The molecule has 2 amide bonds. The molecule has 7 heteroatoms. The molecule has 0 aromatic heterocycles. The zero-order valence-electron chi connectivity index (χ0n) is 9.33. The first-order chi connectivity index (χ1) is 8.49. The van der Waals surface area contributed by atoms with Gasteiger partial charge in [-0.25, -0.2) is 4.79 Å². The third-order valence-corrected chi connectivity index (χ3v) is 2.76. The first-order valence-corrected chi connectivity index (χ1v) is 5.85. The summed E-state index contributed by atoms with van der Waals surface area (Å²) in [5.74, 6) is -2.08. The van der Waals surface area contributed by atoms with Gasteiger partial charge in [-0.2, -0.15) is 0 Å². The van der Waals surface area contributed by atoms with Crippen molar-refractivity contribution in [2.24, 2.45) is 5.73 Å². The summed E-state index contributed by atoms with van der Waals surface area (Å²) in [6.07, 6.45) is -0.434. The topological polar surface area (TPSA) is 109 Å². The third-order valence-electron chi connectivity index (χ3n) is 1.95. The highest BCUT2D eigenvalue weighted by Gasteiger charge is 2.22. The molecule has 0 saturated heterocycles. The number of carboxylic acid groups (broad SMARTS) is 1. The van der Waals surface area contributed by atoms with Crippen molar-refractivity contribution in [2.75, 3.05) is 0 Å². The number of carboxylic acids is 1. The summed E-state index contributed by atoms with van der Waals surface area (Å²) in [6.45, 7) is 0. The summed E-state index contributed by atoms with van der Waals surface area (Å²) in [7, 11) is 0. The van der Waals surface area contributed by atoms with Crippen molar-refractivity contribution in [1.82, 2.24) is 5.32 Å². The van der Waals surface area contributed by atoms with E-state index in [9.17, 15) is 14.4 Å². The SMILES string of the molecule is NC(=O)CC(NC(=O)Sc1ccccc1)C(=O)O. The molecule has 4 N–H and O–H groups in total. The molecule has 0 spiro atoms. The van der Waals surface area contributed by atoms with Gasteiger partial charge in [0.05, 0.1) is 6.42 Å². The lowest BCUT2D eigenvalue weighted by molar-refractivity contribution is -0.140. The van der Waals surface area contributed by atoms with Gasteiger partial charge in [0.1, 0.15) is 6.04 Å². The molecule has 1 unspecified atom stereocenters. The highest BCUT2D eigenvalue weighted by molar-refractivity contribution is 8.13. The van der Waals surface area contributed by atoms with Crippen LogP contribution in [0.4, 0.5) is 4.79 Å². The van der Waals surface area contributed by atoms with Crippen molar-refractivity contribution >= 4 is 28.9 Å². The molecule has 0 heterocycles. The monoisotopic (exact) mass is 268 g/mol. The van der Waals surface area contributed by atoms with E-state index in [1.807, 2.05) is 0 Å². The van der Waals surface area contributed by atoms with E-state index in [0.717, 1.165) is 11.8 Å². The van der Waals surface area contributed by atoms with E-state index in [1.54, 1.807) is 30.3 Å². The van der Waals surface area contributed by atoms with E-state index in [2.05, 4.69) is 5.32 Å². The number of primary amides is 1. The maximum atomic E-state index is 11.5. The number of carbonyl (C=O) groups is 3. The summed E-state index contributed by atoms with van der Waals surface area (Å²) in [5.41, 5.74) is 4.90. The highest BCUT2D eigenvalue weighted by atomic mass is 32.2. The van der Waals surface area contributed by atoms with Gasteiger partial charge in [0.15, 0.2) is 0 Å². The first kappa shape index (κ1) is 14.0. The van der Waals surface area contributed by atoms with Crippen LogP contribution in [0, 0.1) is 0 Å². The second-order valence-corrected chi connectivity index (χ2v) is 4.45. The minimum atomic E-state index is -1.30. The maximum absolute atomic E-state index is 11.5. The number of benzene rings is 1. The first-order valence-electron chi connectivity index (χ1n) is 5.03. The third kappa shape index (κ3) is 4.88. The van der Waals surface area contributed by atoms with E-state index in [-0.39, 0.29) is 0 Å². The number of rotatable bonds is 5. The van der Waals surface area contributed by atoms with Crippen molar-refractivity contribution < 1.29 is 19.5 Å². The zero-order chi connectivity index (χ0) is 13.5. The molecule has 1 aromatic rings. The van der Waals surface area contributed by atoms with Crippen LogP contribution in [0.1, 0.15) is 6.42 Å². The van der Waals surface area contributed by atoms with E-state index < -0.39 is 29.6 Å². The van der Waals surface area contributed by atoms with Crippen LogP contribution in [-0.2, 0) is 9.59 Å². The lowest BCUT2D eigenvalue weighted by Gasteiger charge is -2.12. The number of hydrogen-bond acceptors (Lipinski definition) is 4. The number of hydrogen-bond donors (Lipinski definition) is 3. The van der Waals surface area contributed by atoms with Gasteiger partial charge in [0, 0.05) is 4.90 Å². The van der Waals surface area contributed by atoms with Crippen molar-refractivity contribution in [2.45, 2.75) is 17.4 Å². The number of nitrogens with two attached hydrogens (primary N) is 1. The molecule has 1 aromatic carbocycles. The average Bonchev–Trinajstić information content (AvgIpc) is 2.28. The standard InChI is InChI=1S/C11H12N2O4S/c12-9(14)6-8(10(15)16)13-11(17)18-7-4-2-1-3-5-7/h1-5,8H,6H2,(H2,12,14)(H,13,17)(H,15,16). The van der Waals surface area contributed by atoms with Gasteiger partial charge in [0.25, 0.3) is 5.24 Å². The highest BCUT2D eigenvalue weighted by Crippen LogP contribution is 2.17. The van der Waals surface area contributed by atoms with Crippen molar-refractivity contribution in [3.63, 3.8) is 0 Å². The normalized spacial score (nSPS) is 11.6. The molecule has 0 saturated carbocycles. The molecule has 0 aliphatic heterocycles. The van der Waals surface area contributed by atoms with Crippen molar-refractivity contribution in [1.29, 1.82) is 0 Å². The second kappa shape index (κ2) is 6.65.